The first-order valence-corrected chi connectivity index (χ1v) is 12.9. The molecule has 0 radical (unpaired) electrons. The van der Waals surface area contributed by atoms with Crippen molar-refractivity contribution in [2.75, 3.05) is 18.5 Å². The number of benzene rings is 3. The number of imide groups is 1. The van der Waals surface area contributed by atoms with Crippen molar-refractivity contribution in [2.24, 2.45) is 0 Å². The quantitative estimate of drug-likeness (QED) is 0.182. The monoisotopic (exact) mass is 567 g/mol. The number of amides is 3. The summed E-state index contributed by atoms with van der Waals surface area (Å²) in [4.78, 5) is 49.1. The van der Waals surface area contributed by atoms with E-state index < -0.39 is 28.5 Å². The van der Waals surface area contributed by atoms with E-state index in [4.69, 9.17) is 21.1 Å². The summed E-state index contributed by atoms with van der Waals surface area (Å²) in [5.41, 5.74) is 1.81. The molecule has 12 heteroatoms. The van der Waals surface area contributed by atoms with Gasteiger partial charge in [0.2, 0.25) is 5.91 Å². The van der Waals surface area contributed by atoms with Gasteiger partial charge in [-0.1, -0.05) is 17.7 Å². The molecule has 1 fully saturated rings. The predicted octanol–water partition coefficient (Wildman–Crippen LogP) is 5.90. The predicted molar refractivity (Wildman–Crippen MR) is 148 cm³/mol. The lowest BCUT2D eigenvalue weighted by Gasteiger charge is -2.13. The van der Waals surface area contributed by atoms with Gasteiger partial charge in [0.25, 0.3) is 16.8 Å². The summed E-state index contributed by atoms with van der Waals surface area (Å²) < 4.78 is 11.5. The Morgan fingerprint density at radius 2 is 1.77 bits per heavy atom. The van der Waals surface area contributed by atoms with Crippen LogP contribution in [0.5, 0.6) is 11.5 Å². The van der Waals surface area contributed by atoms with Gasteiger partial charge in [-0.05, 0) is 84.4 Å². The van der Waals surface area contributed by atoms with Crippen LogP contribution in [-0.2, 0) is 16.2 Å². The number of halogens is 1. The summed E-state index contributed by atoms with van der Waals surface area (Å²) in [6.07, 6.45) is 1.55. The highest BCUT2D eigenvalue weighted by Crippen LogP contribution is 2.35. The van der Waals surface area contributed by atoms with E-state index in [-0.39, 0.29) is 17.2 Å². The number of rotatable bonds is 10. The van der Waals surface area contributed by atoms with Gasteiger partial charge in [-0.25, -0.2) is 0 Å². The minimum Gasteiger partial charge on any atom is -0.490 e. The normalized spacial score (nSPS) is 14.0. The molecule has 1 N–H and O–H groups in total. The second kappa shape index (κ2) is 12.5. The van der Waals surface area contributed by atoms with Crippen LogP contribution in [0.1, 0.15) is 18.1 Å². The van der Waals surface area contributed by atoms with Crippen LogP contribution in [0.2, 0.25) is 5.02 Å². The van der Waals surface area contributed by atoms with Gasteiger partial charge in [-0.2, -0.15) is 0 Å². The number of nitro benzene ring substituents is 1. The molecule has 0 bridgehead atoms. The van der Waals surface area contributed by atoms with Crippen molar-refractivity contribution in [1.29, 1.82) is 0 Å². The first-order valence-electron chi connectivity index (χ1n) is 11.7. The first kappa shape index (κ1) is 27.7. The number of thioether (sulfide) groups is 1. The molecule has 0 saturated carbocycles. The van der Waals surface area contributed by atoms with E-state index in [1.54, 1.807) is 60.7 Å². The SMILES string of the molecule is CCOc1cc(/C=C2/SC(=O)N(CC(=O)Nc3ccc(Cl)cc3)C2=O)ccc1OCc1ccc([N+](=O)[O-])cc1. The molecule has 0 atom stereocenters. The van der Waals surface area contributed by atoms with Crippen molar-refractivity contribution in [3.8, 4) is 11.5 Å². The molecule has 0 aromatic heterocycles. The fourth-order valence-electron chi connectivity index (χ4n) is 3.54. The highest BCUT2D eigenvalue weighted by atomic mass is 35.5. The Labute approximate surface area is 232 Å². The Bertz CT molecular complexity index is 1440. The number of hydrogen-bond donors (Lipinski definition) is 1. The van der Waals surface area contributed by atoms with Crippen LogP contribution in [0.4, 0.5) is 16.2 Å². The molecule has 39 heavy (non-hydrogen) atoms. The lowest BCUT2D eigenvalue weighted by molar-refractivity contribution is -0.384. The average Bonchev–Trinajstić information content (AvgIpc) is 3.17. The van der Waals surface area contributed by atoms with Crippen molar-refractivity contribution >= 4 is 57.9 Å². The molecule has 200 valence electrons. The minimum absolute atomic E-state index is 0.00953. The van der Waals surface area contributed by atoms with Crippen molar-refractivity contribution in [3.05, 3.63) is 97.9 Å². The number of nitro groups is 1. The number of carbonyl (C=O) groups excluding carboxylic acids is 3. The summed E-state index contributed by atoms with van der Waals surface area (Å²) in [6, 6.07) is 17.5. The molecule has 1 aliphatic rings. The summed E-state index contributed by atoms with van der Waals surface area (Å²) in [7, 11) is 0. The van der Waals surface area contributed by atoms with Crippen LogP contribution in [-0.4, -0.2) is 40.0 Å². The van der Waals surface area contributed by atoms with Gasteiger partial charge in [0.1, 0.15) is 13.2 Å². The maximum absolute atomic E-state index is 12.9. The molecule has 3 amide bonds. The standard InChI is InChI=1S/C27H22ClN3O7S/c1-2-37-23-13-18(5-12-22(23)38-16-17-3-10-21(11-4-17)31(35)36)14-24-26(33)30(27(34)39-24)15-25(32)29-20-8-6-19(28)7-9-20/h3-14H,2,15-16H2,1H3,(H,29,32)/b24-14+. The largest absolute Gasteiger partial charge is 0.490 e. The number of ether oxygens (including phenoxy) is 2. The fraction of sp³-hybridized carbons (Fsp3) is 0.148. The van der Waals surface area contributed by atoms with E-state index in [1.807, 2.05) is 6.92 Å². The van der Waals surface area contributed by atoms with Gasteiger partial charge >= 0.3 is 0 Å². The second-order valence-electron chi connectivity index (χ2n) is 8.17. The van der Waals surface area contributed by atoms with E-state index in [0.29, 0.717) is 34.4 Å². The Morgan fingerprint density at radius 1 is 1.05 bits per heavy atom. The topological polar surface area (TPSA) is 128 Å². The van der Waals surface area contributed by atoms with Crippen LogP contribution < -0.4 is 14.8 Å². The smallest absolute Gasteiger partial charge is 0.294 e. The third-order valence-corrected chi connectivity index (χ3v) is 6.57. The Hall–Kier alpha value is -4.35. The average molecular weight is 568 g/mol. The van der Waals surface area contributed by atoms with Crippen LogP contribution in [0.25, 0.3) is 6.08 Å². The van der Waals surface area contributed by atoms with Gasteiger partial charge in [0.05, 0.1) is 16.4 Å². The number of hydrogen-bond acceptors (Lipinski definition) is 8. The van der Waals surface area contributed by atoms with Gasteiger partial charge in [-0.15, -0.1) is 0 Å². The zero-order valence-electron chi connectivity index (χ0n) is 20.6. The van der Waals surface area contributed by atoms with Crippen molar-refractivity contribution in [2.45, 2.75) is 13.5 Å². The summed E-state index contributed by atoms with van der Waals surface area (Å²) in [6.45, 7) is 1.91. The molecule has 1 saturated heterocycles. The maximum Gasteiger partial charge on any atom is 0.294 e. The third-order valence-electron chi connectivity index (χ3n) is 5.41. The molecular formula is C27H22ClN3O7S. The van der Waals surface area contributed by atoms with E-state index in [2.05, 4.69) is 5.32 Å². The number of non-ortho nitro benzene ring substituents is 1. The van der Waals surface area contributed by atoms with E-state index in [9.17, 15) is 24.5 Å². The molecule has 10 nitrogen and oxygen atoms in total. The fourth-order valence-corrected chi connectivity index (χ4v) is 4.51. The van der Waals surface area contributed by atoms with Crippen LogP contribution >= 0.6 is 23.4 Å². The van der Waals surface area contributed by atoms with Crippen molar-refractivity contribution < 1.29 is 28.8 Å². The van der Waals surface area contributed by atoms with Gasteiger partial charge in [0.15, 0.2) is 11.5 Å². The Balaban J connectivity index is 1.43. The molecule has 4 rings (SSSR count). The Morgan fingerprint density at radius 3 is 2.44 bits per heavy atom. The molecule has 3 aromatic carbocycles. The van der Waals surface area contributed by atoms with Crippen molar-refractivity contribution in [1.82, 2.24) is 4.90 Å². The van der Waals surface area contributed by atoms with E-state index in [0.717, 1.165) is 22.2 Å². The highest BCUT2D eigenvalue weighted by Gasteiger charge is 2.36. The van der Waals surface area contributed by atoms with Crippen molar-refractivity contribution in [3.63, 3.8) is 0 Å². The molecular weight excluding hydrogens is 546 g/mol. The summed E-state index contributed by atoms with van der Waals surface area (Å²) in [5, 5.41) is 13.4. The lowest BCUT2D eigenvalue weighted by Crippen LogP contribution is -2.36. The minimum atomic E-state index is -0.576. The molecule has 1 aliphatic heterocycles. The number of nitrogens with zero attached hydrogens (tertiary/aromatic N) is 2. The number of nitrogens with one attached hydrogen (secondary N) is 1. The second-order valence-corrected chi connectivity index (χ2v) is 9.60. The first-order chi connectivity index (χ1) is 18.7. The molecule has 3 aromatic rings. The summed E-state index contributed by atoms with van der Waals surface area (Å²) >= 11 is 6.59. The number of carbonyl (C=O) groups is 3. The molecule has 1 heterocycles. The molecule has 0 spiro atoms. The van der Waals surface area contributed by atoms with Gasteiger partial charge in [-0.3, -0.25) is 29.4 Å². The third kappa shape index (κ3) is 7.15. The van der Waals surface area contributed by atoms with Crippen LogP contribution in [0.3, 0.4) is 0 Å². The molecule has 0 aliphatic carbocycles. The number of anilines is 1. The van der Waals surface area contributed by atoms with E-state index in [1.165, 1.54) is 12.1 Å². The van der Waals surface area contributed by atoms with Gasteiger partial charge in [0, 0.05) is 22.8 Å². The maximum atomic E-state index is 12.9. The molecule has 0 unspecified atom stereocenters. The summed E-state index contributed by atoms with van der Waals surface area (Å²) in [5.74, 6) is -0.226. The lowest BCUT2D eigenvalue weighted by atomic mass is 10.1. The zero-order valence-corrected chi connectivity index (χ0v) is 22.2. The van der Waals surface area contributed by atoms with Gasteiger partial charge < -0.3 is 14.8 Å². The van der Waals surface area contributed by atoms with Crippen LogP contribution in [0.15, 0.2) is 71.6 Å². The zero-order chi connectivity index (χ0) is 27.9. The highest BCUT2D eigenvalue weighted by molar-refractivity contribution is 8.18. The van der Waals surface area contributed by atoms with E-state index >= 15 is 0 Å². The Kier molecular flexibility index (Phi) is 8.84. The van der Waals surface area contributed by atoms with Crippen LogP contribution in [0, 0.1) is 10.1 Å².